The van der Waals surface area contributed by atoms with Gasteiger partial charge in [-0.2, -0.15) is 10.1 Å². The molecule has 0 bridgehead atoms. The second-order valence-electron chi connectivity index (χ2n) is 6.32. The van der Waals surface area contributed by atoms with E-state index in [-0.39, 0.29) is 6.04 Å². The average Bonchev–Trinajstić information content (AvgIpc) is 3.16. The molecular formula is C16H21N5O4. The molecule has 3 rings (SSSR count). The maximum atomic E-state index is 12.6. The lowest BCUT2D eigenvalue weighted by molar-refractivity contribution is -0.151. The molecule has 2 aromatic heterocycles. The van der Waals surface area contributed by atoms with Crippen LogP contribution in [0.1, 0.15) is 44.5 Å². The highest BCUT2D eigenvalue weighted by molar-refractivity contribution is 5.96. The second kappa shape index (κ2) is 7.04. The number of carbonyl (C=O) groups is 2. The van der Waals surface area contributed by atoms with E-state index in [0.29, 0.717) is 30.2 Å². The van der Waals surface area contributed by atoms with E-state index in [2.05, 4.69) is 15.2 Å². The number of hydrogen-bond donors (Lipinski definition) is 1. The third-order valence-corrected chi connectivity index (χ3v) is 4.47. The molecule has 0 saturated carbocycles. The van der Waals surface area contributed by atoms with Gasteiger partial charge in [-0.1, -0.05) is 18.0 Å². The molecule has 1 aliphatic rings. The van der Waals surface area contributed by atoms with E-state index in [4.69, 9.17) is 9.63 Å². The smallest absolute Gasteiger partial charge is 0.315 e. The van der Waals surface area contributed by atoms with Crippen LogP contribution in [-0.2, 0) is 16.6 Å². The molecule has 9 heteroatoms. The summed E-state index contributed by atoms with van der Waals surface area (Å²) < 4.78 is 6.96. The average molecular weight is 347 g/mol. The summed E-state index contributed by atoms with van der Waals surface area (Å²) in [6, 6.07) is -0.369. The first kappa shape index (κ1) is 17.1. The Balaban J connectivity index is 1.88. The normalized spacial score (nSPS) is 19.4. The molecule has 2 unspecified atom stereocenters. The fraction of sp³-hybridized carbons (Fsp3) is 0.562. The van der Waals surface area contributed by atoms with Gasteiger partial charge in [0.2, 0.25) is 5.91 Å². The number of carbonyl (C=O) groups excluding carboxylic acids is 1. The highest BCUT2D eigenvalue weighted by Crippen LogP contribution is 2.31. The zero-order valence-corrected chi connectivity index (χ0v) is 14.3. The number of nitrogens with zero attached hydrogens (tertiary/aromatic N) is 5. The number of hydrogen-bond acceptors (Lipinski definition) is 6. The molecule has 0 aromatic carbocycles. The van der Waals surface area contributed by atoms with Crippen molar-refractivity contribution in [2.24, 2.45) is 13.0 Å². The third kappa shape index (κ3) is 3.54. The summed E-state index contributed by atoms with van der Waals surface area (Å²) in [5, 5.41) is 17.3. The number of likely N-dealkylation sites (tertiary alicyclic amines) is 1. The fourth-order valence-corrected chi connectivity index (χ4v) is 3.01. The number of aliphatic carboxylic acids is 1. The maximum absolute atomic E-state index is 12.6. The van der Waals surface area contributed by atoms with Gasteiger partial charge in [0, 0.05) is 19.8 Å². The van der Waals surface area contributed by atoms with E-state index in [1.165, 1.54) is 6.92 Å². The topological polar surface area (TPSA) is 114 Å². The minimum atomic E-state index is -1.13. The molecule has 3 heterocycles. The van der Waals surface area contributed by atoms with Crippen molar-refractivity contribution in [2.75, 3.05) is 6.54 Å². The number of amides is 1. The Kier molecular flexibility index (Phi) is 4.82. The molecule has 1 N–H and O–H groups in total. The summed E-state index contributed by atoms with van der Waals surface area (Å²) in [5.74, 6) is -1.88. The number of aromatic nitrogens is 4. The van der Waals surface area contributed by atoms with Gasteiger partial charge in [-0.25, -0.2) is 0 Å². The Morgan fingerprint density at radius 1 is 1.36 bits per heavy atom. The van der Waals surface area contributed by atoms with Gasteiger partial charge in [0.15, 0.2) is 5.82 Å². The number of carboxylic acid groups (broad SMARTS) is 1. The minimum absolute atomic E-state index is 0.339. The van der Waals surface area contributed by atoms with Gasteiger partial charge in [-0.05, 0) is 19.8 Å². The molecule has 1 fully saturated rings. The van der Waals surface area contributed by atoms with E-state index in [0.717, 1.165) is 19.3 Å². The summed E-state index contributed by atoms with van der Waals surface area (Å²) >= 11 is 0. The maximum Gasteiger partial charge on any atom is 0.315 e. The van der Waals surface area contributed by atoms with E-state index in [1.807, 2.05) is 0 Å². The number of rotatable bonds is 4. The monoisotopic (exact) mass is 347 g/mol. The first-order chi connectivity index (χ1) is 12.0. The van der Waals surface area contributed by atoms with Gasteiger partial charge >= 0.3 is 5.97 Å². The lowest BCUT2D eigenvalue weighted by Gasteiger charge is -2.29. The van der Waals surface area contributed by atoms with E-state index < -0.39 is 17.8 Å². The molecular weight excluding hydrogens is 326 g/mol. The first-order valence-electron chi connectivity index (χ1n) is 8.33. The fourth-order valence-electron chi connectivity index (χ4n) is 3.01. The van der Waals surface area contributed by atoms with Crippen molar-refractivity contribution >= 4 is 11.9 Å². The van der Waals surface area contributed by atoms with E-state index >= 15 is 0 Å². The van der Waals surface area contributed by atoms with Crippen molar-refractivity contribution in [3.8, 4) is 11.5 Å². The standard InChI is InChI=1S/C16H21N5O4/c1-10(16(23)24)15(22)21-7-5-3-4-6-12(21)13-18-14(25-19-13)11-8-17-20(2)9-11/h8-10,12H,3-7H2,1-2H3,(H,23,24). The van der Waals surface area contributed by atoms with Crippen LogP contribution in [-0.4, -0.2) is 48.3 Å². The Morgan fingerprint density at radius 2 is 2.16 bits per heavy atom. The molecule has 1 saturated heterocycles. The SMILES string of the molecule is CC(C(=O)O)C(=O)N1CCCCCC1c1noc(-c2cnn(C)c2)n1. The quantitative estimate of drug-likeness (QED) is 0.836. The van der Waals surface area contributed by atoms with Crippen LogP contribution in [0.25, 0.3) is 11.5 Å². The highest BCUT2D eigenvalue weighted by Gasteiger charge is 2.35. The van der Waals surface area contributed by atoms with Gasteiger partial charge in [0.1, 0.15) is 5.92 Å². The zero-order valence-electron chi connectivity index (χ0n) is 14.3. The van der Waals surface area contributed by atoms with Gasteiger partial charge in [-0.15, -0.1) is 0 Å². The van der Waals surface area contributed by atoms with Crippen LogP contribution in [0.2, 0.25) is 0 Å². The van der Waals surface area contributed by atoms with Crippen LogP contribution in [0.4, 0.5) is 0 Å². The highest BCUT2D eigenvalue weighted by atomic mass is 16.5. The Labute approximate surface area is 144 Å². The van der Waals surface area contributed by atoms with Crippen molar-refractivity contribution in [1.82, 2.24) is 24.8 Å². The molecule has 0 radical (unpaired) electrons. The van der Waals surface area contributed by atoms with Crippen LogP contribution < -0.4 is 0 Å². The first-order valence-corrected chi connectivity index (χ1v) is 8.33. The summed E-state index contributed by atoms with van der Waals surface area (Å²) in [5.41, 5.74) is 0.701. The van der Waals surface area contributed by atoms with Crippen molar-refractivity contribution < 1.29 is 19.2 Å². The summed E-state index contributed by atoms with van der Waals surface area (Å²) in [7, 11) is 1.79. The van der Waals surface area contributed by atoms with E-state index in [9.17, 15) is 9.59 Å². The predicted octanol–water partition coefficient (Wildman–Crippen LogP) is 1.63. The lowest BCUT2D eigenvalue weighted by atomic mass is 10.1. The van der Waals surface area contributed by atoms with Crippen molar-refractivity contribution in [3.63, 3.8) is 0 Å². The molecule has 25 heavy (non-hydrogen) atoms. The van der Waals surface area contributed by atoms with Crippen LogP contribution in [0.3, 0.4) is 0 Å². The van der Waals surface area contributed by atoms with Gasteiger partial charge in [0.05, 0.1) is 17.8 Å². The van der Waals surface area contributed by atoms with Gasteiger partial charge in [0.25, 0.3) is 5.89 Å². The molecule has 2 aromatic rings. The number of aryl methyl sites for hydroxylation is 1. The van der Waals surface area contributed by atoms with Gasteiger partial charge in [-0.3, -0.25) is 14.3 Å². The number of carboxylic acids is 1. The Hall–Kier alpha value is -2.71. The molecule has 0 aliphatic carbocycles. The Morgan fingerprint density at radius 3 is 2.84 bits per heavy atom. The predicted molar refractivity (Wildman–Crippen MR) is 86.2 cm³/mol. The molecule has 2 atom stereocenters. The van der Waals surface area contributed by atoms with Crippen LogP contribution in [0, 0.1) is 5.92 Å². The molecule has 134 valence electrons. The van der Waals surface area contributed by atoms with Crippen LogP contribution >= 0.6 is 0 Å². The minimum Gasteiger partial charge on any atom is -0.481 e. The van der Waals surface area contributed by atoms with Crippen molar-refractivity contribution in [1.29, 1.82) is 0 Å². The largest absolute Gasteiger partial charge is 0.481 e. The van der Waals surface area contributed by atoms with Crippen molar-refractivity contribution in [2.45, 2.75) is 38.6 Å². The van der Waals surface area contributed by atoms with E-state index in [1.54, 1.807) is 29.0 Å². The molecule has 9 nitrogen and oxygen atoms in total. The molecule has 0 spiro atoms. The zero-order chi connectivity index (χ0) is 18.0. The summed E-state index contributed by atoms with van der Waals surface area (Å²) in [4.78, 5) is 29.8. The lowest BCUT2D eigenvalue weighted by Crippen LogP contribution is -2.41. The summed E-state index contributed by atoms with van der Waals surface area (Å²) in [6.07, 6.45) is 6.81. The molecule has 1 aliphatic heterocycles. The van der Waals surface area contributed by atoms with Crippen LogP contribution in [0.15, 0.2) is 16.9 Å². The third-order valence-electron chi connectivity index (χ3n) is 4.47. The van der Waals surface area contributed by atoms with Crippen molar-refractivity contribution in [3.05, 3.63) is 18.2 Å². The second-order valence-corrected chi connectivity index (χ2v) is 6.32. The molecule has 1 amide bonds. The summed E-state index contributed by atoms with van der Waals surface area (Å²) in [6.45, 7) is 1.90. The van der Waals surface area contributed by atoms with Crippen LogP contribution in [0.5, 0.6) is 0 Å². The Bertz CT molecular complexity index is 768. The van der Waals surface area contributed by atoms with Gasteiger partial charge < -0.3 is 14.5 Å².